The predicted octanol–water partition coefficient (Wildman–Crippen LogP) is 4.32. The molecule has 1 saturated carbocycles. The highest BCUT2D eigenvalue weighted by Crippen LogP contribution is 2.30. The van der Waals surface area contributed by atoms with Gasteiger partial charge in [0.05, 0.1) is 0 Å². The highest BCUT2D eigenvalue weighted by molar-refractivity contribution is 7.99. The van der Waals surface area contributed by atoms with Crippen molar-refractivity contribution in [2.75, 3.05) is 11.5 Å². The van der Waals surface area contributed by atoms with Crippen LogP contribution in [0.5, 0.6) is 0 Å². The van der Waals surface area contributed by atoms with E-state index in [1.807, 2.05) is 0 Å². The van der Waals surface area contributed by atoms with Crippen LogP contribution in [0.1, 0.15) is 45.4 Å². The van der Waals surface area contributed by atoms with Gasteiger partial charge in [-0.3, -0.25) is 0 Å². The Balaban J connectivity index is 2.19. The molecule has 2 atom stereocenters. The number of alkyl halides is 1. The quantitative estimate of drug-likeness (QED) is 0.387. The van der Waals surface area contributed by atoms with Gasteiger partial charge < -0.3 is 0 Å². The van der Waals surface area contributed by atoms with E-state index in [4.69, 9.17) is 11.6 Å². The number of hydrogen-bond donors (Lipinski definition) is 0. The van der Waals surface area contributed by atoms with E-state index in [-0.39, 0.29) is 0 Å². The summed E-state index contributed by atoms with van der Waals surface area (Å²) in [6.45, 7) is 2.23. The van der Waals surface area contributed by atoms with Gasteiger partial charge in [0.25, 0.3) is 0 Å². The first-order valence-electron chi connectivity index (χ1n) is 5.56. The molecule has 0 aromatic rings. The first-order valence-corrected chi connectivity index (χ1v) is 7.15. The van der Waals surface area contributed by atoms with E-state index < -0.39 is 0 Å². The molecular formula is C11H21ClS. The topological polar surface area (TPSA) is 0 Å². The summed E-state index contributed by atoms with van der Waals surface area (Å²) < 4.78 is 0. The summed E-state index contributed by atoms with van der Waals surface area (Å²) in [4.78, 5) is 0. The van der Waals surface area contributed by atoms with E-state index in [0.29, 0.717) is 5.38 Å². The Kier molecular flexibility index (Phi) is 6.31. The maximum Gasteiger partial charge on any atom is 0.0364 e. The fourth-order valence-corrected chi connectivity index (χ4v) is 3.21. The summed E-state index contributed by atoms with van der Waals surface area (Å²) >= 11 is 8.41. The summed E-state index contributed by atoms with van der Waals surface area (Å²) in [6.07, 6.45) is 8.13. The zero-order chi connectivity index (χ0) is 9.52. The maximum atomic E-state index is 6.36. The molecular weight excluding hydrogens is 200 g/mol. The molecule has 78 valence electrons. The van der Waals surface area contributed by atoms with Crippen molar-refractivity contribution >= 4 is 23.4 Å². The molecule has 1 rings (SSSR count). The van der Waals surface area contributed by atoms with Gasteiger partial charge in [0.2, 0.25) is 0 Å². The maximum absolute atomic E-state index is 6.36. The SMILES string of the molecule is CCSCCC1CCCCCC1Cl. The van der Waals surface area contributed by atoms with Crippen molar-refractivity contribution in [1.29, 1.82) is 0 Å². The minimum absolute atomic E-state index is 0.472. The Morgan fingerprint density at radius 3 is 2.77 bits per heavy atom. The van der Waals surface area contributed by atoms with E-state index in [1.165, 1.54) is 50.0 Å². The summed E-state index contributed by atoms with van der Waals surface area (Å²) in [7, 11) is 0. The average molecular weight is 221 g/mol. The van der Waals surface area contributed by atoms with Gasteiger partial charge in [-0.1, -0.05) is 26.2 Å². The first-order chi connectivity index (χ1) is 6.34. The highest BCUT2D eigenvalue weighted by Gasteiger charge is 2.20. The predicted molar refractivity (Wildman–Crippen MR) is 63.8 cm³/mol. The van der Waals surface area contributed by atoms with Gasteiger partial charge in [-0.25, -0.2) is 0 Å². The smallest absolute Gasteiger partial charge is 0.0364 e. The Bertz CT molecular complexity index is 127. The number of rotatable bonds is 4. The molecule has 0 nitrogen and oxygen atoms in total. The second-order valence-electron chi connectivity index (χ2n) is 3.90. The molecule has 0 aromatic heterocycles. The molecule has 2 heteroatoms. The largest absolute Gasteiger partial charge is 0.162 e. The molecule has 0 aliphatic heterocycles. The van der Waals surface area contributed by atoms with Crippen molar-refractivity contribution in [3.63, 3.8) is 0 Å². The lowest BCUT2D eigenvalue weighted by molar-refractivity contribution is 0.457. The summed E-state index contributed by atoms with van der Waals surface area (Å²) in [5, 5.41) is 0.472. The van der Waals surface area contributed by atoms with Gasteiger partial charge in [0.1, 0.15) is 0 Å². The van der Waals surface area contributed by atoms with Crippen molar-refractivity contribution in [2.45, 2.75) is 50.8 Å². The molecule has 1 aliphatic carbocycles. The fourth-order valence-electron chi connectivity index (χ4n) is 2.04. The molecule has 2 unspecified atom stereocenters. The molecule has 1 fully saturated rings. The van der Waals surface area contributed by atoms with Crippen LogP contribution in [-0.2, 0) is 0 Å². The molecule has 0 saturated heterocycles. The Morgan fingerprint density at radius 1 is 1.23 bits per heavy atom. The van der Waals surface area contributed by atoms with Gasteiger partial charge in [0, 0.05) is 5.38 Å². The van der Waals surface area contributed by atoms with Crippen LogP contribution in [0.25, 0.3) is 0 Å². The lowest BCUT2D eigenvalue weighted by Crippen LogP contribution is -2.14. The van der Waals surface area contributed by atoms with E-state index >= 15 is 0 Å². The van der Waals surface area contributed by atoms with Crippen molar-refractivity contribution in [3.8, 4) is 0 Å². The first kappa shape index (κ1) is 11.7. The molecule has 0 spiro atoms. The molecule has 13 heavy (non-hydrogen) atoms. The van der Waals surface area contributed by atoms with Gasteiger partial charge in [-0.05, 0) is 36.7 Å². The average Bonchev–Trinajstić information content (AvgIpc) is 2.32. The van der Waals surface area contributed by atoms with Crippen LogP contribution < -0.4 is 0 Å². The second-order valence-corrected chi connectivity index (χ2v) is 5.85. The van der Waals surface area contributed by atoms with E-state index in [9.17, 15) is 0 Å². The molecule has 0 amide bonds. The van der Waals surface area contributed by atoms with E-state index in [0.717, 1.165) is 5.92 Å². The van der Waals surface area contributed by atoms with E-state index in [2.05, 4.69) is 18.7 Å². The third kappa shape index (κ3) is 4.60. The second kappa shape index (κ2) is 7.00. The summed E-state index contributed by atoms with van der Waals surface area (Å²) in [5.74, 6) is 3.37. The normalized spacial score (nSPS) is 30.0. The van der Waals surface area contributed by atoms with Crippen LogP contribution in [0.4, 0.5) is 0 Å². The summed E-state index contributed by atoms with van der Waals surface area (Å²) in [5.41, 5.74) is 0. The molecule has 0 N–H and O–H groups in total. The zero-order valence-corrected chi connectivity index (χ0v) is 10.2. The Morgan fingerprint density at radius 2 is 2.00 bits per heavy atom. The summed E-state index contributed by atoms with van der Waals surface area (Å²) in [6, 6.07) is 0. The molecule has 0 radical (unpaired) electrons. The highest BCUT2D eigenvalue weighted by atomic mass is 35.5. The third-order valence-corrected chi connectivity index (χ3v) is 4.41. The zero-order valence-electron chi connectivity index (χ0n) is 8.60. The minimum atomic E-state index is 0.472. The van der Waals surface area contributed by atoms with Gasteiger partial charge >= 0.3 is 0 Å². The molecule has 0 aromatic carbocycles. The lowest BCUT2D eigenvalue weighted by atomic mass is 9.97. The van der Waals surface area contributed by atoms with Gasteiger partial charge in [0.15, 0.2) is 0 Å². The number of halogens is 1. The van der Waals surface area contributed by atoms with Crippen LogP contribution in [0.2, 0.25) is 0 Å². The number of hydrogen-bond acceptors (Lipinski definition) is 1. The van der Waals surface area contributed by atoms with Gasteiger partial charge in [-0.15, -0.1) is 11.6 Å². The Hall–Kier alpha value is 0.640. The third-order valence-electron chi connectivity index (χ3n) is 2.90. The molecule has 1 aliphatic rings. The van der Waals surface area contributed by atoms with Crippen LogP contribution >= 0.6 is 23.4 Å². The monoisotopic (exact) mass is 220 g/mol. The van der Waals surface area contributed by atoms with Crippen LogP contribution in [0, 0.1) is 5.92 Å². The lowest BCUT2D eigenvalue weighted by Gasteiger charge is -2.18. The van der Waals surface area contributed by atoms with Crippen LogP contribution in [0.3, 0.4) is 0 Å². The minimum Gasteiger partial charge on any atom is -0.162 e. The van der Waals surface area contributed by atoms with Crippen LogP contribution in [0.15, 0.2) is 0 Å². The van der Waals surface area contributed by atoms with Crippen molar-refractivity contribution in [3.05, 3.63) is 0 Å². The standard InChI is InChI=1S/C11H21ClS/c1-2-13-9-8-10-6-4-3-5-7-11(10)12/h10-11H,2-9H2,1H3. The van der Waals surface area contributed by atoms with Crippen LogP contribution in [-0.4, -0.2) is 16.9 Å². The molecule has 0 heterocycles. The Labute approximate surface area is 91.8 Å². The fraction of sp³-hybridized carbons (Fsp3) is 1.00. The number of thioether (sulfide) groups is 1. The van der Waals surface area contributed by atoms with E-state index in [1.54, 1.807) is 0 Å². The van der Waals surface area contributed by atoms with Gasteiger partial charge in [-0.2, -0.15) is 11.8 Å². The van der Waals surface area contributed by atoms with Crippen molar-refractivity contribution < 1.29 is 0 Å². The van der Waals surface area contributed by atoms with Crippen molar-refractivity contribution in [2.24, 2.45) is 5.92 Å². The molecule has 0 bridgehead atoms. The van der Waals surface area contributed by atoms with Crippen molar-refractivity contribution in [1.82, 2.24) is 0 Å².